The summed E-state index contributed by atoms with van der Waals surface area (Å²) < 4.78 is 34.6. The lowest BCUT2D eigenvalue weighted by Gasteiger charge is -2.34. The summed E-state index contributed by atoms with van der Waals surface area (Å²) in [6.07, 6.45) is 4.24. The van der Waals surface area contributed by atoms with Gasteiger partial charge in [-0.05, 0) is 32.3 Å². The zero-order chi connectivity index (χ0) is 21.0. The Morgan fingerprint density at radius 1 is 1.31 bits per heavy atom. The monoisotopic (exact) mass is 428 g/mol. The van der Waals surface area contributed by atoms with Gasteiger partial charge in [-0.3, -0.25) is 4.90 Å². The van der Waals surface area contributed by atoms with Gasteiger partial charge in [-0.15, -0.1) is 0 Å². The molecule has 3 rings (SSSR count). The number of carbonyl (C=O) groups is 1. The maximum Gasteiger partial charge on any atom is 0.407 e. The molecule has 3 atom stereocenters. The molecule has 1 aromatic heterocycles. The summed E-state index contributed by atoms with van der Waals surface area (Å²) in [7, 11) is -2.37. The van der Waals surface area contributed by atoms with E-state index in [9.17, 15) is 18.3 Å². The molecule has 2 fully saturated rings. The van der Waals surface area contributed by atoms with Gasteiger partial charge in [0.1, 0.15) is 0 Å². The minimum Gasteiger partial charge on any atom is -0.465 e. The average molecular weight is 429 g/mol. The first-order valence-electron chi connectivity index (χ1n) is 9.66. The lowest BCUT2D eigenvalue weighted by atomic mass is 10.1. The van der Waals surface area contributed by atoms with Gasteiger partial charge >= 0.3 is 6.09 Å². The Hall–Kier alpha value is -2.02. The van der Waals surface area contributed by atoms with Crippen molar-refractivity contribution in [1.82, 2.24) is 24.3 Å². The number of aromatic nitrogens is 2. The predicted octanol–water partition coefficient (Wildman–Crippen LogP) is 0.0252. The minimum atomic E-state index is -3.69. The zero-order valence-corrected chi connectivity index (χ0v) is 17.4. The number of hydrogen-bond acceptors (Lipinski definition) is 7. The molecule has 29 heavy (non-hydrogen) atoms. The molecule has 1 amide bonds. The lowest BCUT2D eigenvalue weighted by Crippen LogP contribution is -2.52. The summed E-state index contributed by atoms with van der Waals surface area (Å²) in [5.41, 5.74) is 0. The van der Waals surface area contributed by atoms with Crippen LogP contribution in [0.2, 0.25) is 0 Å². The van der Waals surface area contributed by atoms with Crippen LogP contribution >= 0.6 is 0 Å². The van der Waals surface area contributed by atoms with E-state index in [2.05, 4.69) is 24.3 Å². The van der Waals surface area contributed by atoms with Gasteiger partial charge in [0.05, 0.1) is 18.8 Å². The van der Waals surface area contributed by atoms with Crippen LogP contribution in [-0.2, 0) is 14.9 Å². The number of likely N-dealkylation sites (tertiary alicyclic amines) is 1. The summed E-state index contributed by atoms with van der Waals surface area (Å²) in [4.78, 5) is 23.6. The number of ether oxygens (including phenoxy) is 1. The molecule has 0 spiro atoms. The molecular formula is C17H28N6O5S. The van der Waals surface area contributed by atoms with Crippen LogP contribution in [-0.4, -0.2) is 85.5 Å². The molecule has 12 heteroatoms. The van der Waals surface area contributed by atoms with E-state index in [0.717, 1.165) is 25.9 Å². The Bertz CT molecular complexity index is 787. The van der Waals surface area contributed by atoms with E-state index in [-0.39, 0.29) is 18.8 Å². The predicted molar refractivity (Wildman–Crippen MR) is 106 cm³/mol. The Kier molecular flexibility index (Phi) is 6.88. The summed E-state index contributed by atoms with van der Waals surface area (Å²) in [6.45, 7) is 3.40. The molecule has 0 saturated carbocycles. The van der Waals surface area contributed by atoms with E-state index in [1.807, 2.05) is 0 Å². The van der Waals surface area contributed by atoms with Crippen LogP contribution in [0, 0.1) is 0 Å². The molecule has 1 aromatic rings. The fraction of sp³-hybridized carbons (Fsp3) is 0.706. The standard InChI is InChI=1S/C17H28N6O5S/c1-12-10-14(21-29(26,27)18-2)15(23(12)17(24)25)11-28-13-4-8-22(9-5-13)16-19-6-3-7-20-16/h3,6-7,12-15,18,21H,4-5,8-11H2,1-2H3,(H,24,25)/t12-,14+,15+/m1/s1. The largest absolute Gasteiger partial charge is 0.465 e. The van der Waals surface area contributed by atoms with Crippen molar-refractivity contribution < 1.29 is 23.1 Å². The van der Waals surface area contributed by atoms with Crippen LogP contribution in [0.15, 0.2) is 18.5 Å². The van der Waals surface area contributed by atoms with Crippen molar-refractivity contribution in [1.29, 1.82) is 0 Å². The van der Waals surface area contributed by atoms with Gasteiger partial charge < -0.3 is 14.7 Å². The van der Waals surface area contributed by atoms with Gasteiger partial charge in [0, 0.05) is 44.6 Å². The SMILES string of the molecule is CNS(=O)(=O)N[C@H]1C[C@@H](C)N(C(=O)O)[C@H]1COC1CCN(c2ncccn2)CC1. The van der Waals surface area contributed by atoms with Gasteiger partial charge in [0.25, 0.3) is 10.2 Å². The normalized spacial score (nSPS) is 26.1. The van der Waals surface area contributed by atoms with Gasteiger partial charge in [-0.1, -0.05) is 0 Å². The van der Waals surface area contributed by atoms with Crippen molar-refractivity contribution >= 4 is 22.3 Å². The fourth-order valence-electron chi connectivity index (χ4n) is 3.98. The van der Waals surface area contributed by atoms with Crippen LogP contribution in [0.5, 0.6) is 0 Å². The third-order valence-corrected chi connectivity index (χ3v) is 6.62. The molecule has 0 unspecified atom stereocenters. The number of amides is 1. The third-order valence-electron chi connectivity index (χ3n) is 5.47. The second-order valence-corrected chi connectivity index (χ2v) is 8.99. The first-order valence-corrected chi connectivity index (χ1v) is 11.1. The van der Waals surface area contributed by atoms with Gasteiger partial charge in [0.2, 0.25) is 5.95 Å². The van der Waals surface area contributed by atoms with Crippen LogP contribution < -0.4 is 14.3 Å². The second kappa shape index (κ2) is 9.20. The molecule has 162 valence electrons. The van der Waals surface area contributed by atoms with Crippen molar-refractivity contribution in [2.45, 2.75) is 50.4 Å². The molecule has 0 aliphatic carbocycles. The quantitative estimate of drug-likeness (QED) is 0.553. The number of nitrogens with one attached hydrogen (secondary N) is 2. The van der Waals surface area contributed by atoms with Crippen molar-refractivity contribution in [3.05, 3.63) is 18.5 Å². The van der Waals surface area contributed by atoms with Gasteiger partial charge in [0.15, 0.2) is 0 Å². The number of nitrogens with zero attached hydrogens (tertiary/aromatic N) is 4. The first kappa shape index (κ1) is 21.7. The highest BCUT2D eigenvalue weighted by atomic mass is 32.2. The average Bonchev–Trinajstić information content (AvgIpc) is 3.01. The molecule has 3 heterocycles. The number of piperidine rings is 1. The highest BCUT2D eigenvalue weighted by Gasteiger charge is 2.44. The van der Waals surface area contributed by atoms with E-state index < -0.39 is 28.4 Å². The van der Waals surface area contributed by atoms with Crippen molar-refractivity contribution in [2.75, 3.05) is 31.6 Å². The smallest absolute Gasteiger partial charge is 0.407 e. The molecule has 11 nitrogen and oxygen atoms in total. The van der Waals surface area contributed by atoms with E-state index in [1.165, 1.54) is 11.9 Å². The Morgan fingerprint density at radius 2 is 1.97 bits per heavy atom. The summed E-state index contributed by atoms with van der Waals surface area (Å²) in [6, 6.07) is 0.342. The molecular weight excluding hydrogens is 400 g/mol. The maximum absolute atomic E-state index is 11.9. The Balaban J connectivity index is 1.58. The second-order valence-electron chi connectivity index (χ2n) is 7.34. The number of carboxylic acid groups (broad SMARTS) is 1. The molecule has 3 N–H and O–H groups in total. The minimum absolute atomic E-state index is 0.0249. The number of anilines is 1. The summed E-state index contributed by atoms with van der Waals surface area (Å²) in [5.74, 6) is 0.689. The number of rotatable bonds is 7. The molecule has 0 bridgehead atoms. The first-order chi connectivity index (χ1) is 13.8. The maximum atomic E-state index is 11.9. The molecule has 2 aliphatic heterocycles. The van der Waals surface area contributed by atoms with Crippen LogP contribution in [0.3, 0.4) is 0 Å². The van der Waals surface area contributed by atoms with E-state index in [4.69, 9.17) is 4.74 Å². The summed E-state index contributed by atoms with van der Waals surface area (Å²) >= 11 is 0. The van der Waals surface area contributed by atoms with E-state index in [1.54, 1.807) is 25.4 Å². The van der Waals surface area contributed by atoms with Crippen LogP contribution in [0.4, 0.5) is 10.7 Å². The zero-order valence-electron chi connectivity index (χ0n) is 16.6. The van der Waals surface area contributed by atoms with E-state index >= 15 is 0 Å². The lowest BCUT2D eigenvalue weighted by molar-refractivity contribution is 0.00131. The van der Waals surface area contributed by atoms with Gasteiger partial charge in [-0.2, -0.15) is 13.1 Å². The molecule has 2 saturated heterocycles. The van der Waals surface area contributed by atoms with Crippen LogP contribution in [0.25, 0.3) is 0 Å². The summed E-state index contributed by atoms with van der Waals surface area (Å²) in [5, 5.41) is 9.58. The Labute approximate surface area is 170 Å². The highest BCUT2D eigenvalue weighted by Crippen LogP contribution is 2.27. The number of hydrogen-bond donors (Lipinski definition) is 3. The van der Waals surface area contributed by atoms with Gasteiger partial charge in [-0.25, -0.2) is 19.5 Å². The topological polar surface area (TPSA) is 137 Å². The molecule has 2 aliphatic rings. The van der Waals surface area contributed by atoms with Crippen molar-refractivity contribution in [2.24, 2.45) is 0 Å². The Morgan fingerprint density at radius 3 is 2.55 bits per heavy atom. The molecule has 0 aromatic carbocycles. The van der Waals surface area contributed by atoms with Crippen LogP contribution in [0.1, 0.15) is 26.2 Å². The fourth-order valence-corrected chi connectivity index (χ4v) is 4.75. The molecule has 0 radical (unpaired) electrons. The highest BCUT2D eigenvalue weighted by molar-refractivity contribution is 7.87. The van der Waals surface area contributed by atoms with Crippen molar-refractivity contribution in [3.8, 4) is 0 Å². The third kappa shape index (κ3) is 5.32. The van der Waals surface area contributed by atoms with E-state index in [0.29, 0.717) is 12.4 Å². The van der Waals surface area contributed by atoms with Crippen molar-refractivity contribution in [3.63, 3.8) is 0 Å².